The minimum atomic E-state index is -3.49. The minimum Gasteiger partial charge on any atom is -0.384 e. The molecule has 1 rings (SSSR count). The number of ether oxygens (including phenoxy) is 1. The van der Waals surface area contributed by atoms with E-state index >= 15 is 0 Å². The maximum Gasteiger partial charge on any atom is 0.242 e. The van der Waals surface area contributed by atoms with Crippen LogP contribution >= 0.6 is 27.3 Å². The van der Waals surface area contributed by atoms with Gasteiger partial charge in [-0.15, -0.1) is 11.3 Å². The number of hydrogen-bond donors (Lipinski definition) is 2. The van der Waals surface area contributed by atoms with Crippen LogP contribution in [0.4, 0.5) is 0 Å². The van der Waals surface area contributed by atoms with Crippen LogP contribution in [-0.2, 0) is 21.3 Å². The topological polar surface area (TPSA) is 81.4 Å². The largest absolute Gasteiger partial charge is 0.384 e. The van der Waals surface area contributed by atoms with Gasteiger partial charge >= 0.3 is 0 Å². The fourth-order valence-corrected chi connectivity index (χ4v) is 5.08. The summed E-state index contributed by atoms with van der Waals surface area (Å²) in [6, 6.07) is 1.60. The number of nitrogens with one attached hydrogen (secondary N) is 1. The van der Waals surface area contributed by atoms with Crippen molar-refractivity contribution < 1.29 is 13.2 Å². The zero-order valence-electron chi connectivity index (χ0n) is 10.3. The van der Waals surface area contributed by atoms with E-state index in [0.29, 0.717) is 23.5 Å². The van der Waals surface area contributed by atoms with E-state index in [1.54, 1.807) is 13.2 Å². The van der Waals surface area contributed by atoms with Crippen LogP contribution in [0, 0.1) is 5.92 Å². The van der Waals surface area contributed by atoms with Crippen LogP contribution < -0.4 is 10.5 Å². The molecule has 8 heteroatoms. The summed E-state index contributed by atoms with van der Waals surface area (Å²) in [5.41, 5.74) is 5.49. The van der Waals surface area contributed by atoms with E-state index in [1.165, 1.54) is 11.3 Å². The molecule has 0 saturated heterocycles. The third-order valence-corrected chi connectivity index (χ3v) is 5.97. The Morgan fingerprint density at radius 2 is 2.28 bits per heavy atom. The lowest BCUT2D eigenvalue weighted by atomic mass is 10.2. The Kier molecular flexibility index (Phi) is 6.22. The Balaban J connectivity index is 2.76. The third kappa shape index (κ3) is 4.29. The van der Waals surface area contributed by atoms with Crippen molar-refractivity contribution in [3.8, 4) is 0 Å². The van der Waals surface area contributed by atoms with Crippen molar-refractivity contribution in [2.75, 3.05) is 20.3 Å². The van der Waals surface area contributed by atoms with Crippen LogP contribution in [0.3, 0.4) is 0 Å². The molecular formula is C10H17BrN2O3S2. The minimum absolute atomic E-state index is 0.121. The van der Waals surface area contributed by atoms with Gasteiger partial charge in [0.25, 0.3) is 0 Å². The predicted octanol–water partition coefficient (Wildman–Crippen LogP) is 1.53. The van der Waals surface area contributed by atoms with Gasteiger partial charge in [0, 0.05) is 31.7 Å². The molecule has 1 aromatic heterocycles. The first-order chi connectivity index (χ1) is 8.40. The molecule has 0 amide bonds. The van der Waals surface area contributed by atoms with Crippen LogP contribution in [0.2, 0.25) is 0 Å². The zero-order chi connectivity index (χ0) is 13.8. The fourth-order valence-electron chi connectivity index (χ4n) is 1.35. The van der Waals surface area contributed by atoms with Crippen molar-refractivity contribution in [2.24, 2.45) is 11.7 Å². The zero-order valence-corrected chi connectivity index (χ0v) is 13.5. The molecule has 0 aliphatic heterocycles. The summed E-state index contributed by atoms with van der Waals surface area (Å²) < 4.78 is 32.3. The molecule has 1 heterocycles. The van der Waals surface area contributed by atoms with Crippen LogP contribution in [-0.4, -0.2) is 28.7 Å². The Bertz CT molecular complexity index is 487. The summed E-state index contributed by atoms with van der Waals surface area (Å²) in [4.78, 5) is 1.07. The first-order valence-electron chi connectivity index (χ1n) is 5.37. The highest BCUT2D eigenvalue weighted by Gasteiger charge is 2.21. The van der Waals surface area contributed by atoms with Gasteiger partial charge in [-0.05, 0) is 27.9 Å². The SMILES string of the molecule is COCC(C)CNS(=O)(=O)c1cc(CN)sc1Br. The lowest BCUT2D eigenvalue weighted by Gasteiger charge is -2.11. The maximum atomic E-state index is 12.1. The van der Waals surface area contributed by atoms with Gasteiger partial charge in [0.15, 0.2) is 0 Å². The molecular weight excluding hydrogens is 340 g/mol. The standard InChI is InChI=1S/C10H17BrN2O3S2/c1-7(6-16-2)5-13-18(14,15)9-3-8(4-12)17-10(9)11/h3,7,13H,4-6,12H2,1-2H3. The summed E-state index contributed by atoms with van der Waals surface area (Å²) in [7, 11) is -1.90. The molecule has 0 bridgehead atoms. The predicted molar refractivity (Wildman–Crippen MR) is 76.1 cm³/mol. The Hall–Kier alpha value is 0.01000. The number of hydrogen-bond acceptors (Lipinski definition) is 5. The van der Waals surface area contributed by atoms with Crippen LogP contribution in [0.15, 0.2) is 14.7 Å². The highest BCUT2D eigenvalue weighted by molar-refractivity contribution is 9.11. The van der Waals surface area contributed by atoms with Gasteiger partial charge in [0.1, 0.15) is 4.90 Å². The average molecular weight is 357 g/mol. The molecule has 1 unspecified atom stereocenters. The van der Waals surface area contributed by atoms with E-state index in [4.69, 9.17) is 10.5 Å². The summed E-state index contributed by atoms with van der Waals surface area (Å²) in [6.45, 7) is 3.11. The Morgan fingerprint density at radius 3 is 2.78 bits per heavy atom. The Labute approximate surface area is 120 Å². The highest BCUT2D eigenvalue weighted by atomic mass is 79.9. The average Bonchev–Trinajstić information content (AvgIpc) is 2.69. The summed E-state index contributed by atoms with van der Waals surface area (Å²) in [5, 5.41) is 0. The molecule has 0 spiro atoms. The quantitative estimate of drug-likeness (QED) is 0.776. The molecule has 18 heavy (non-hydrogen) atoms. The van der Waals surface area contributed by atoms with Gasteiger partial charge in [0.2, 0.25) is 10.0 Å². The molecule has 3 N–H and O–H groups in total. The van der Waals surface area contributed by atoms with Crippen molar-refractivity contribution >= 4 is 37.3 Å². The summed E-state index contributed by atoms with van der Waals surface area (Å²) >= 11 is 4.58. The van der Waals surface area contributed by atoms with Gasteiger partial charge in [-0.1, -0.05) is 6.92 Å². The van der Waals surface area contributed by atoms with Gasteiger partial charge in [-0.2, -0.15) is 0 Å². The lowest BCUT2D eigenvalue weighted by molar-refractivity contribution is 0.161. The van der Waals surface area contributed by atoms with Crippen molar-refractivity contribution in [2.45, 2.75) is 18.4 Å². The molecule has 5 nitrogen and oxygen atoms in total. The second-order valence-electron chi connectivity index (χ2n) is 3.97. The lowest BCUT2D eigenvalue weighted by Crippen LogP contribution is -2.30. The van der Waals surface area contributed by atoms with Gasteiger partial charge in [-0.3, -0.25) is 0 Å². The molecule has 0 aliphatic rings. The van der Waals surface area contributed by atoms with E-state index in [2.05, 4.69) is 20.7 Å². The van der Waals surface area contributed by atoms with Gasteiger partial charge in [0.05, 0.1) is 3.79 Å². The van der Waals surface area contributed by atoms with E-state index in [-0.39, 0.29) is 10.8 Å². The third-order valence-electron chi connectivity index (χ3n) is 2.27. The Morgan fingerprint density at radius 1 is 1.61 bits per heavy atom. The molecule has 0 aromatic carbocycles. The van der Waals surface area contributed by atoms with Crippen molar-refractivity contribution in [3.05, 3.63) is 14.7 Å². The maximum absolute atomic E-state index is 12.1. The monoisotopic (exact) mass is 356 g/mol. The summed E-state index contributed by atoms with van der Waals surface area (Å²) in [6.07, 6.45) is 0. The normalized spacial score (nSPS) is 13.8. The molecule has 0 aliphatic carbocycles. The second-order valence-corrected chi connectivity index (χ2v) is 8.16. The number of nitrogens with two attached hydrogens (primary N) is 1. The molecule has 0 fully saturated rings. The number of rotatable bonds is 7. The molecule has 1 atom stereocenters. The first kappa shape index (κ1) is 16.1. The van der Waals surface area contributed by atoms with Crippen molar-refractivity contribution in [1.29, 1.82) is 0 Å². The fraction of sp³-hybridized carbons (Fsp3) is 0.600. The van der Waals surface area contributed by atoms with E-state index < -0.39 is 10.0 Å². The van der Waals surface area contributed by atoms with Crippen molar-refractivity contribution in [1.82, 2.24) is 4.72 Å². The number of sulfonamides is 1. The van der Waals surface area contributed by atoms with Crippen LogP contribution in [0.25, 0.3) is 0 Å². The second kappa shape index (κ2) is 6.97. The van der Waals surface area contributed by atoms with Gasteiger partial charge in [-0.25, -0.2) is 13.1 Å². The van der Waals surface area contributed by atoms with E-state index in [0.717, 1.165) is 4.88 Å². The number of methoxy groups -OCH3 is 1. The van der Waals surface area contributed by atoms with Crippen LogP contribution in [0.5, 0.6) is 0 Å². The molecule has 104 valence electrons. The molecule has 1 aromatic rings. The van der Waals surface area contributed by atoms with Crippen molar-refractivity contribution in [3.63, 3.8) is 0 Å². The number of halogens is 1. The van der Waals surface area contributed by atoms with E-state index in [1.807, 2.05) is 6.92 Å². The smallest absolute Gasteiger partial charge is 0.242 e. The molecule has 0 saturated carbocycles. The first-order valence-corrected chi connectivity index (χ1v) is 8.46. The number of thiophene rings is 1. The highest BCUT2D eigenvalue weighted by Crippen LogP contribution is 2.31. The van der Waals surface area contributed by atoms with Crippen LogP contribution in [0.1, 0.15) is 11.8 Å². The summed E-state index contributed by atoms with van der Waals surface area (Å²) in [5.74, 6) is 0.121. The van der Waals surface area contributed by atoms with Gasteiger partial charge < -0.3 is 10.5 Å². The molecule has 0 radical (unpaired) electrons. The van der Waals surface area contributed by atoms with E-state index in [9.17, 15) is 8.42 Å².